The first-order valence-electron chi connectivity index (χ1n) is 33.5. The number of ether oxygens (including phenoxy) is 6. The minimum Gasteiger partial charge on any atom is -0.497 e. The smallest absolute Gasteiger partial charge is 0.126 e. The Morgan fingerprint density at radius 1 is 0.301 bits per heavy atom. The molecule has 0 aliphatic rings. The van der Waals surface area contributed by atoms with Crippen LogP contribution >= 0.6 is 0 Å². The van der Waals surface area contributed by atoms with Crippen LogP contribution in [-0.2, 0) is 5.60 Å². The van der Waals surface area contributed by atoms with Crippen LogP contribution in [0.25, 0.3) is 111 Å². The van der Waals surface area contributed by atoms with Gasteiger partial charge in [0.15, 0.2) is 0 Å². The van der Waals surface area contributed by atoms with E-state index in [-0.39, 0.29) is 0 Å². The molecule has 514 valence electrons. The van der Waals surface area contributed by atoms with E-state index in [4.69, 9.17) is 28.4 Å². The summed E-state index contributed by atoms with van der Waals surface area (Å²) in [7, 11) is 14.2. The minimum atomic E-state index is -0.838. The normalized spacial score (nSPS) is 11.1. The third-order valence-electron chi connectivity index (χ3n) is 18.1. The van der Waals surface area contributed by atoms with E-state index >= 15 is 0 Å². The number of hydrogen-bond donors (Lipinski definition) is 1. The molecule has 0 aliphatic heterocycles. The van der Waals surface area contributed by atoms with Crippen molar-refractivity contribution in [1.29, 1.82) is 0 Å². The van der Waals surface area contributed by atoms with Crippen molar-refractivity contribution >= 4 is 49.8 Å². The summed E-state index contributed by atoms with van der Waals surface area (Å²) in [5.41, 5.74) is 22.5. The lowest BCUT2D eigenvalue weighted by Gasteiger charge is -2.18. The molecule has 12 aromatic carbocycles. The first-order chi connectivity index (χ1) is 50.2. The van der Waals surface area contributed by atoms with E-state index in [9.17, 15) is 5.11 Å². The van der Waals surface area contributed by atoms with Gasteiger partial charge in [-0.05, 0) is 234 Å². The molecule has 0 saturated heterocycles. The van der Waals surface area contributed by atoms with E-state index in [1.54, 1.807) is 56.5 Å². The van der Waals surface area contributed by atoms with Gasteiger partial charge in [0, 0.05) is 48.1 Å². The van der Waals surface area contributed by atoms with Gasteiger partial charge in [-0.3, -0.25) is 18.3 Å². The van der Waals surface area contributed by atoms with Gasteiger partial charge in [0.1, 0.15) is 59.8 Å². The van der Waals surface area contributed by atoms with Crippen LogP contribution in [0, 0.1) is 0 Å². The SMILES string of the molecule is COc1ccc(-n2cnc3ccc(-c4ccc(C(C)(C)O)cc4)cc32)cc1.COc1ccc(-n2cnc3ccc(-c4ccc(N(C)C)cc4)cc32)cc1.COc1ccc(-n2cnc3ccc(-c4cccc(OC)c4)cc32)cc1.COc1ccc(-n2cnc3ccc(-c4ccccc4OC)cc32)cc1. The van der Waals surface area contributed by atoms with Gasteiger partial charge in [-0.1, -0.05) is 91.0 Å². The van der Waals surface area contributed by atoms with Crippen LogP contribution in [0.1, 0.15) is 19.4 Å². The van der Waals surface area contributed by atoms with Crippen molar-refractivity contribution in [3.8, 4) is 102 Å². The first kappa shape index (κ1) is 68.6. The molecule has 4 aromatic heterocycles. The summed E-state index contributed by atoms with van der Waals surface area (Å²) in [6, 6.07) is 89.7. The average molecular weight is 1360 g/mol. The predicted octanol–water partition coefficient (Wildman–Crippen LogP) is 19.1. The van der Waals surface area contributed by atoms with Gasteiger partial charge in [0.05, 0.1) is 92.4 Å². The quantitative estimate of drug-likeness (QED) is 0.0981. The Labute approximate surface area is 599 Å². The molecule has 0 amide bonds. The lowest BCUT2D eigenvalue weighted by Crippen LogP contribution is -2.14. The number of para-hydroxylation sites is 1. The van der Waals surface area contributed by atoms with Crippen molar-refractivity contribution in [1.82, 2.24) is 38.2 Å². The number of imidazole rings is 4. The fourth-order valence-electron chi connectivity index (χ4n) is 12.2. The van der Waals surface area contributed by atoms with E-state index in [0.29, 0.717) is 0 Å². The van der Waals surface area contributed by atoms with E-state index < -0.39 is 5.60 Å². The maximum absolute atomic E-state index is 10.1. The molecule has 4 heterocycles. The van der Waals surface area contributed by atoms with Crippen molar-refractivity contribution in [2.24, 2.45) is 0 Å². The maximum atomic E-state index is 10.1. The molecule has 0 bridgehead atoms. The topological polar surface area (TPSA) is 150 Å². The van der Waals surface area contributed by atoms with Gasteiger partial charge in [-0.15, -0.1) is 0 Å². The molecular weight excluding hydrogens is 1280 g/mol. The van der Waals surface area contributed by atoms with Crippen LogP contribution < -0.4 is 33.3 Å². The van der Waals surface area contributed by atoms with Crippen molar-refractivity contribution in [2.45, 2.75) is 19.4 Å². The number of benzene rings is 12. The first-order valence-corrected chi connectivity index (χ1v) is 33.5. The number of aliphatic hydroxyl groups is 1. The fraction of sp³-hybridized carbons (Fsp3) is 0.126. The van der Waals surface area contributed by atoms with E-state index in [1.807, 2.05) is 201 Å². The van der Waals surface area contributed by atoms with Crippen molar-refractivity contribution in [3.63, 3.8) is 0 Å². The zero-order valence-electron chi connectivity index (χ0n) is 59.1. The zero-order chi connectivity index (χ0) is 71.6. The van der Waals surface area contributed by atoms with Crippen LogP contribution in [0.4, 0.5) is 5.69 Å². The third-order valence-corrected chi connectivity index (χ3v) is 18.1. The summed E-state index contributed by atoms with van der Waals surface area (Å²) >= 11 is 0. The lowest BCUT2D eigenvalue weighted by molar-refractivity contribution is 0.0786. The van der Waals surface area contributed by atoms with Crippen LogP contribution in [0.3, 0.4) is 0 Å². The number of hydrogen-bond acceptors (Lipinski definition) is 12. The molecule has 0 fully saturated rings. The number of methoxy groups -OCH3 is 6. The largest absolute Gasteiger partial charge is 0.497 e. The van der Waals surface area contributed by atoms with Gasteiger partial charge in [0.2, 0.25) is 0 Å². The molecule has 0 unspecified atom stereocenters. The third kappa shape index (κ3) is 15.3. The number of anilines is 1. The standard InChI is InChI=1S/C23H22N2O2.C22H21N3O.2C21H18N2O2/c1-23(2,26)18-7-4-16(5-8-18)17-6-13-21-22(14-17)25(15-24-21)19-9-11-20(27-3)12-10-19;1-24(2)18-7-4-16(5-8-18)17-6-13-21-22(14-17)25(15-23-21)19-9-11-20(26-3)12-10-19;1-24-18-9-7-17(8-10-18)23-14-22-20-11-6-16(13-21(20)23)15-4-3-5-19(12-15)25-2;1-24-17-10-8-16(9-11-17)23-14-22-19-12-7-15(13-20(19)23)18-5-3-4-6-21(18)25-2/h4-15,26H,1-3H3;4-15H,1-3H3;2*3-14H,1-2H3. The fourth-order valence-corrected chi connectivity index (χ4v) is 12.2. The van der Waals surface area contributed by atoms with Gasteiger partial charge in [0.25, 0.3) is 0 Å². The molecule has 103 heavy (non-hydrogen) atoms. The predicted molar refractivity (Wildman–Crippen MR) is 415 cm³/mol. The summed E-state index contributed by atoms with van der Waals surface area (Å²) in [5.74, 6) is 5.06. The lowest BCUT2D eigenvalue weighted by atomic mass is 9.95. The van der Waals surface area contributed by atoms with E-state index in [1.165, 1.54) is 16.8 Å². The van der Waals surface area contributed by atoms with Crippen molar-refractivity contribution in [2.75, 3.05) is 61.7 Å². The Balaban J connectivity index is 0.000000122. The maximum Gasteiger partial charge on any atom is 0.126 e. The Hall–Kier alpha value is -12.9. The molecule has 0 radical (unpaired) electrons. The molecule has 16 rings (SSSR count). The van der Waals surface area contributed by atoms with Gasteiger partial charge >= 0.3 is 0 Å². The summed E-state index contributed by atoms with van der Waals surface area (Å²) < 4.78 is 40.1. The molecule has 16 aromatic rings. The second kappa shape index (κ2) is 30.7. The summed E-state index contributed by atoms with van der Waals surface area (Å²) in [5, 5.41) is 10.1. The highest BCUT2D eigenvalue weighted by Gasteiger charge is 2.17. The molecule has 0 spiro atoms. The van der Waals surface area contributed by atoms with Gasteiger partial charge in [-0.25, -0.2) is 19.9 Å². The van der Waals surface area contributed by atoms with E-state index in [2.05, 4.69) is 148 Å². The highest BCUT2D eigenvalue weighted by Crippen LogP contribution is 2.35. The monoisotopic (exact) mass is 1360 g/mol. The second-order valence-corrected chi connectivity index (χ2v) is 25.1. The number of fused-ring (bicyclic) bond motifs is 4. The molecule has 16 nitrogen and oxygen atoms in total. The van der Waals surface area contributed by atoms with Crippen LogP contribution in [-0.4, -0.2) is 100 Å². The highest BCUT2D eigenvalue weighted by atomic mass is 16.5. The van der Waals surface area contributed by atoms with Gasteiger partial charge < -0.3 is 38.4 Å². The van der Waals surface area contributed by atoms with Crippen LogP contribution in [0.5, 0.6) is 34.5 Å². The second-order valence-electron chi connectivity index (χ2n) is 25.1. The van der Waals surface area contributed by atoms with Crippen molar-refractivity contribution < 1.29 is 33.5 Å². The number of aromatic nitrogens is 8. The zero-order valence-corrected chi connectivity index (χ0v) is 59.1. The Kier molecular flexibility index (Phi) is 20.4. The summed E-state index contributed by atoms with van der Waals surface area (Å²) in [4.78, 5) is 20.2. The Morgan fingerprint density at radius 3 is 0.971 bits per heavy atom. The average Bonchev–Trinajstić information content (AvgIpc) is 1.69. The summed E-state index contributed by atoms with van der Waals surface area (Å²) in [6.07, 6.45) is 7.40. The minimum absolute atomic E-state index is 0.829. The van der Waals surface area contributed by atoms with Crippen molar-refractivity contribution in [3.05, 3.63) is 298 Å². The van der Waals surface area contributed by atoms with Gasteiger partial charge in [-0.2, -0.15) is 0 Å². The molecule has 16 heteroatoms. The molecule has 0 aliphatic carbocycles. The molecular formula is C87H79N9O7. The highest BCUT2D eigenvalue weighted by molar-refractivity contribution is 5.88. The number of rotatable bonds is 16. The summed E-state index contributed by atoms with van der Waals surface area (Å²) in [6.45, 7) is 3.59. The van der Waals surface area contributed by atoms with Crippen LogP contribution in [0.2, 0.25) is 0 Å². The van der Waals surface area contributed by atoms with Crippen LogP contribution in [0.15, 0.2) is 292 Å². The molecule has 1 N–H and O–H groups in total. The molecule has 0 saturated carbocycles. The van der Waals surface area contributed by atoms with E-state index in [0.717, 1.165) is 140 Å². The number of nitrogens with zero attached hydrogens (tertiary/aromatic N) is 9. The Morgan fingerprint density at radius 2 is 0.621 bits per heavy atom. The molecule has 0 atom stereocenters. The Bertz CT molecular complexity index is 5520.